The fraction of sp³-hybridized carbons (Fsp3) is 0.450. The second kappa shape index (κ2) is 8.27. The van der Waals surface area contributed by atoms with Crippen molar-refractivity contribution in [1.82, 2.24) is 15.1 Å². The maximum absolute atomic E-state index is 13.0. The monoisotopic (exact) mass is 353 g/mol. The molecule has 138 valence electrons. The second-order valence-electron chi connectivity index (χ2n) is 7.00. The zero-order valence-electron chi connectivity index (χ0n) is 15.5. The van der Waals surface area contributed by atoms with E-state index < -0.39 is 0 Å². The summed E-state index contributed by atoms with van der Waals surface area (Å²) in [5, 5.41) is 8.16. The smallest absolute Gasteiger partial charge is 0.227 e. The number of likely N-dealkylation sites (N-methyl/N-ethyl adjacent to an activating group) is 1. The first-order valence-corrected chi connectivity index (χ1v) is 9.17. The van der Waals surface area contributed by atoms with Crippen LogP contribution >= 0.6 is 0 Å². The van der Waals surface area contributed by atoms with Gasteiger partial charge >= 0.3 is 0 Å². The van der Waals surface area contributed by atoms with Gasteiger partial charge in [0, 0.05) is 38.4 Å². The molecule has 2 heterocycles. The lowest BCUT2D eigenvalue weighted by Crippen LogP contribution is -2.51. The molecule has 1 fully saturated rings. The van der Waals surface area contributed by atoms with Gasteiger partial charge in [0.1, 0.15) is 0 Å². The Morgan fingerprint density at radius 3 is 2.73 bits per heavy atom. The average molecular weight is 353 g/mol. The van der Waals surface area contributed by atoms with E-state index in [1.54, 1.807) is 6.20 Å². The fourth-order valence-corrected chi connectivity index (χ4v) is 3.56. The van der Waals surface area contributed by atoms with E-state index in [-0.39, 0.29) is 23.9 Å². The third-order valence-electron chi connectivity index (χ3n) is 5.29. The predicted octanol–water partition coefficient (Wildman–Crippen LogP) is 2.24. The largest absolute Gasteiger partial charge is 0.353 e. The number of aromatic nitrogens is 2. The van der Waals surface area contributed by atoms with Crippen LogP contribution in [0.25, 0.3) is 0 Å². The molecule has 3 unspecified atom stereocenters. The van der Waals surface area contributed by atoms with E-state index in [4.69, 9.17) is 5.73 Å². The van der Waals surface area contributed by atoms with Crippen LogP contribution in [0.5, 0.6) is 0 Å². The lowest BCUT2D eigenvalue weighted by molar-refractivity contribution is -0.136. The predicted molar refractivity (Wildman–Crippen MR) is 103 cm³/mol. The van der Waals surface area contributed by atoms with Gasteiger partial charge in [0.15, 0.2) is 5.82 Å². The topological polar surface area (TPSA) is 75.4 Å². The van der Waals surface area contributed by atoms with Crippen molar-refractivity contribution in [2.75, 3.05) is 25.0 Å². The van der Waals surface area contributed by atoms with Gasteiger partial charge < -0.3 is 15.5 Å². The first-order chi connectivity index (χ1) is 12.6. The van der Waals surface area contributed by atoms with Gasteiger partial charge in [-0.25, -0.2) is 0 Å². The molecule has 1 aliphatic rings. The summed E-state index contributed by atoms with van der Waals surface area (Å²) in [4.78, 5) is 17.1. The zero-order chi connectivity index (χ0) is 18.5. The number of hydrogen-bond acceptors (Lipinski definition) is 5. The van der Waals surface area contributed by atoms with Gasteiger partial charge in [0.05, 0.1) is 5.92 Å². The molecule has 0 aliphatic carbocycles. The summed E-state index contributed by atoms with van der Waals surface area (Å²) in [7, 11) is 1.89. The van der Waals surface area contributed by atoms with E-state index >= 15 is 0 Å². The summed E-state index contributed by atoms with van der Waals surface area (Å²) < 4.78 is 0. The number of rotatable bonds is 5. The van der Waals surface area contributed by atoms with Crippen LogP contribution in [0.3, 0.4) is 0 Å². The minimum absolute atomic E-state index is 0.0901. The van der Waals surface area contributed by atoms with Crippen LogP contribution in [0.2, 0.25) is 0 Å². The molecular weight excluding hydrogens is 326 g/mol. The molecule has 1 aromatic heterocycles. The van der Waals surface area contributed by atoms with Gasteiger partial charge in [-0.1, -0.05) is 37.3 Å². The Balaban J connectivity index is 1.66. The summed E-state index contributed by atoms with van der Waals surface area (Å²) in [6.45, 7) is 3.63. The van der Waals surface area contributed by atoms with Crippen molar-refractivity contribution in [2.45, 2.75) is 31.8 Å². The molecule has 1 aliphatic heterocycles. The quantitative estimate of drug-likeness (QED) is 0.892. The Bertz CT molecular complexity index is 709. The SMILES string of the molecule is CC(C(=O)N(C)C1CCCN(c2cccnn2)C1)C(N)c1ccccc1. The van der Waals surface area contributed by atoms with Crippen LogP contribution in [0.1, 0.15) is 31.4 Å². The van der Waals surface area contributed by atoms with E-state index in [9.17, 15) is 4.79 Å². The van der Waals surface area contributed by atoms with Crippen LogP contribution in [-0.2, 0) is 4.79 Å². The number of carbonyl (C=O) groups is 1. The molecule has 3 atom stereocenters. The normalized spacial score (nSPS) is 19.7. The molecule has 0 bridgehead atoms. The molecule has 1 saturated heterocycles. The molecule has 6 nitrogen and oxygen atoms in total. The first-order valence-electron chi connectivity index (χ1n) is 9.17. The van der Waals surface area contributed by atoms with Crippen molar-refractivity contribution in [2.24, 2.45) is 11.7 Å². The molecule has 0 saturated carbocycles. The number of nitrogens with zero attached hydrogens (tertiary/aromatic N) is 4. The number of anilines is 1. The summed E-state index contributed by atoms with van der Waals surface area (Å²) in [6, 6.07) is 13.5. The van der Waals surface area contributed by atoms with E-state index in [1.165, 1.54) is 0 Å². The number of nitrogens with two attached hydrogens (primary N) is 1. The molecule has 2 N–H and O–H groups in total. The molecule has 1 aromatic carbocycles. The molecule has 1 amide bonds. The zero-order valence-corrected chi connectivity index (χ0v) is 15.5. The Kier molecular flexibility index (Phi) is 5.83. The van der Waals surface area contributed by atoms with Gasteiger partial charge in [-0.05, 0) is 30.5 Å². The van der Waals surface area contributed by atoms with Gasteiger partial charge in [-0.3, -0.25) is 4.79 Å². The Labute approximate surface area is 155 Å². The molecule has 0 spiro atoms. The maximum Gasteiger partial charge on any atom is 0.227 e. The van der Waals surface area contributed by atoms with Crippen LogP contribution in [0.4, 0.5) is 5.82 Å². The second-order valence-corrected chi connectivity index (χ2v) is 7.00. The Morgan fingerprint density at radius 2 is 2.04 bits per heavy atom. The maximum atomic E-state index is 13.0. The van der Waals surface area contributed by atoms with Gasteiger partial charge in [-0.2, -0.15) is 5.10 Å². The van der Waals surface area contributed by atoms with Crippen molar-refractivity contribution in [3.63, 3.8) is 0 Å². The molecular formula is C20H27N5O. The average Bonchev–Trinajstić information content (AvgIpc) is 2.73. The van der Waals surface area contributed by atoms with Gasteiger partial charge in [0.2, 0.25) is 5.91 Å². The number of piperidine rings is 1. The van der Waals surface area contributed by atoms with E-state index in [0.717, 1.165) is 37.3 Å². The number of carbonyl (C=O) groups excluding carboxylic acids is 1. The molecule has 6 heteroatoms. The summed E-state index contributed by atoms with van der Waals surface area (Å²) in [6.07, 6.45) is 3.69. The van der Waals surface area contributed by atoms with Crippen molar-refractivity contribution in [3.8, 4) is 0 Å². The van der Waals surface area contributed by atoms with Crippen molar-refractivity contribution < 1.29 is 4.79 Å². The highest BCUT2D eigenvalue weighted by Gasteiger charge is 2.31. The molecule has 26 heavy (non-hydrogen) atoms. The van der Waals surface area contributed by atoms with Crippen LogP contribution < -0.4 is 10.6 Å². The standard InChI is InChI=1S/C20H27N5O/c1-15(19(21)16-8-4-3-5-9-16)20(26)24(2)17-10-7-13-25(14-17)18-11-6-12-22-23-18/h3-6,8-9,11-12,15,17,19H,7,10,13-14,21H2,1-2H3. The summed E-state index contributed by atoms with van der Waals surface area (Å²) >= 11 is 0. The van der Waals surface area contributed by atoms with Crippen LogP contribution in [-0.4, -0.2) is 47.2 Å². The Hall–Kier alpha value is -2.47. The minimum atomic E-state index is -0.300. The van der Waals surface area contributed by atoms with Crippen molar-refractivity contribution in [3.05, 3.63) is 54.2 Å². The van der Waals surface area contributed by atoms with E-state index in [0.29, 0.717) is 0 Å². The molecule has 3 rings (SSSR count). The molecule has 2 aromatic rings. The summed E-state index contributed by atoms with van der Waals surface area (Å²) in [5.74, 6) is 0.689. The lowest BCUT2D eigenvalue weighted by Gasteiger charge is -2.39. The number of amides is 1. The van der Waals surface area contributed by atoms with Gasteiger partial charge in [0.25, 0.3) is 0 Å². The highest BCUT2D eigenvalue weighted by molar-refractivity contribution is 5.79. The third-order valence-corrected chi connectivity index (χ3v) is 5.29. The summed E-state index contributed by atoms with van der Waals surface area (Å²) in [5.41, 5.74) is 7.34. The van der Waals surface area contributed by atoms with Crippen LogP contribution in [0, 0.1) is 5.92 Å². The lowest BCUT2D eigenvalue weighted by atomic mass is 9.93. The minimum Gasteiger partial charge on any atom is -0.353 e. The fourth-order valence-electron chi connectivity index (χ4n) is 3.56. The van der Waals surface area contributed by atoms with E-state index in [2.05, 4.69) is 15.1 Å². The Morgan fingerprint density at radius 1 is 1.27 bits per heavy atom. The number of benzene rings is 1. The first kappa shape index (κ1) is 18.3. The van der Waals surface area contributed by atoms with Crippen molar-refractivity contribution in [1.29, 1.82) is 0 Å². The number of hydrogen-bond donors (Lipinski definition) is 1. The van der Waals surface area contributed by atoms with E-state index in [1.807, 2.05) is 61.3 Å². The van der Waals surface area contributed by atoms with Crippen molar-refractivity contribution >= 4 is 11.7 Å². The highest BCUT2D eigenvalue weighted by Crippen LogP contribution is 2.24. The van der Waals surface area contributed by atoms with Gasteiger partial charge in [-0.15, -0.1) is 5.10 Å². The third kappa shape index (κ3) is 4.02. The highest BCUT2D eigenvalue weighted by atomic mass is 16.2. The molecule has 0 radical (unpaired) electrons. The van der Waals surface area contributed by atoms with Crippen LogP contribution in [0.15, 0.2) is 48.7 Å².